The third kappa shape index (κ3) is 2.87. The average molecular weight is 332 g/mol. The Balaban J connectivity index is 2.06. The summed E-state index contributed by atoms with van der Waals surface area (Å²) in [5.74, 6) is -0.615. The Hall–Kier alpha value is -2.54. The van der Waals surface area contributed by atoms with Crippen LogP contribution in [0.5, 0.6) is 0 Å². The molecule has 0 aliphatic rings. The minimum atomic E-state index is -3.78. The Morgan fingerprint density at radius 2 is 1.74 bits per heavy atom. The van der Waals surface area contributed by atoms with Gasteiger partial charge < -0.3 is 4.42 Å². The van der Waals surface area contributed by atoms with E-state index in [9.17, 15) is 13.2 Å². The third-order valence-electron chi connectivity index (χ3n) is 3.77. The van der Waals surface area contributed by atoms with Gasteiger partial charge in [0, 0.05) is 11.8 Å². The molecule has 6 nitrogen and oxygen atoms in total. The Labute approximate surface area is 133 Å². The molecular weight excluding hydrogens is 316 g/mol. The predicted molar refractivity (Wildman–Crippen MR) is 88.3 cm³/mol. The van der Waals surface area contributed by atoms with Gasteiger partial charge in [-0.05, 0) is 55.7 Å². The van der Waals surface area contributed by atoms with Crippen LogP contribution < -0.4 is 10.5 Å². The molecule has 120 valence electrons. The van der Waals surface area contributed by atoms with E-state index in [1.807, 2.05) is 19.9 Å². The van der Waals surface area contributed by atoms with Crippen LogP contribution in [0.25, 0.3) is 11.1 Å². The van der Waals surface area contributed by atoms with E-state index >= 15 is 0 Å². The third-order valence-corrected chi connectivity index (χ3v) is 5.29. The fourth-order valence-electron chi connectivity index (χ4n) is 2.39. The number of aromatic amines is 1. The highest BCUT2D eigenvalue weighted by Gasteiger charge is 2.19. The number of nitrogens with one attached hydrogen (secondary N) is 2. The van der Waals surface area contributed by atoms with Gasteiger partial charge in [-0.15, -0.1) is 0 Å². The number of H-pyrrole nitrogens is 1. The van der Waals surface area contributed by atoms with Gasteiger partial charge in [-0.1, -0.05) is 6.07 Å². The lowest BCUT2D eigenvalue weighted by atomic mass is 10.1. The number of anilines is 1. The summed E-state index contributed by atoms with van der Waals surface area (Å²) in [6, 6.07) is 8.27. The Morgan fingerprint density at radius 1 is 1.00 bits per heavy atom. The van der Waals surface area contributed by atoms with Crippen LogP contribution >= 0.6 is 0 Å². The van der Waals surface area contributed by atoms with Gasteiger partial charge in [-0.2, -0.15) is 0 Å². The van der Waals surface area contributed by atoms with Crippen molar-refractivity contribution in [2.24, 2.45) is 0 Å². The molecular formula is C16H16N2O4S. The minimum absolute atomic E-state index is 0.0750. The fraction of sp³-hybridized carbons (Fsp3) is 0.188. The normalized spacial score (nSPS) is 11.8. The number of aryl methyl sites for hydroxylation is 3. The van der Waals surface area contributed by atoms with Crippen LogP contribution in [0.4, 0.5) is 5.69 Å². The first-order valence-corrected chi connectivity index (χ1v) is 8.48. The summed E-state index contributed by atoms with van der Waals surface area (Å²) in [5.41, 5.74) is 3.77. The maximum absolute atomic E-state index is 12.6. The molecule has 0 bridgehead atoms. The monoisotopic (exact) mass is 332 g/mol. The number of aromatic nitrogens is 1. The van der Waals surface area contributed by atoms with Gasteiger partial charge in [0.25, 0.3) is 10.0 Å². The molecule has 0 unspecified atom stereocenters. The highest BCUT2D eigenvalue weighted by atomic mass is 32.2. The number of rotatable bonds is 3. The van der Waals surface area contributed by atoms with Gasteiger partial charge >= 0.3 is 5.76 Å². The number of hydrogen-bond donors (Lipinski definition) is 2. The summed E-state index contributed by atoms with van der Waals surface area (Å²) in [5, 5.41) is 0. The SMILES string of the molecule is Cc1ccc(NS(=O)(=O)c2cc3oc(=O)[nH]c3cc2C)cc1C. The number of benzene rings is 2. The second-order valence-corrected chi connectivity index (χ2v) is 7.18. The zero-order valence-corrected chi connectivity index (χ0v) is 13.7. The van der Waals surface area contributed by atoms with Crippen molar-refractivity contribution >= 4 is 26.8 Å². The van der Waals surface area contributed by atoms with Crippen LogP contribution in [0.15, 0.2) is 44.4 Å². The first-order chi connectivity index (χ1) is 10.8. The number of oxazole rings is 1. The molecule has 0 amide bonds. The van der Waals surface area contributed by atoms with E-state index in [1.54, 1.807) is 25.1 Å². The molecule has 2 N–H and O–H groups in total. The van der Waals surface area contributed by atoms with Crippen molar-refractivity contribution in [2.75, 3.05) is 4.72 Å². The summed E-state index contributed by atoms with van der Waals surface area (Å²) in [7, 11) is -3.78. The molecule has 0 aliphatic heterocycles. The molecule has 0 fully saturated rings. The molecule has 3 rings (SSSR count). The van der Waals surface area contributed by atoms with Gasteiger partial charge in [-0.3, -0.25) is 9.71 Å². The molecule has 23 heavy (non-hydrogen) atoms. The second-order valence-electron chi connectivity index (χ2n) is 5.53. The van der Waals surface area contributed by atoms with Crippen molar-refractivity contribution in [3.8, 4) is 0 Å². The summed E-state index contributed by atoms with van der Waals surface area (Å²) >= 11 is 0. The van der Waals surface area contributed by atoms with Crippen LogP contribution in [0, 0.1) is 20.8 Å². The number of sulfonamides is 1. The van der Waals surface area contributed by atoms with Gasteiger partial charge in [0.2, 0.25) is 0 Å². The topological polar surface area (TPSA) is 92.2 Å². The van der Waals surface area contributed by atoms with E-state index < -0.39 is 15.8 Å². The van der Waals surface area contributed by atoms with Crippen molar-refractivity contribution in [3.63, 3.8) is 0 Å². The first-order valence-electron chi connectivity index (χ1n) is 7.00. The van der Waals surface area contributed by atoms with Gasteiger partial charge in [0.1, 0.15) is 0 Å². The van der Waals surface area contributed by atoms with Gasteiger partial charge in [0.05, 0.1) is 10.4 Å². The van der Waals surface area contributed by atoms with Crippen molar-refractivity contribution in [1.82, 2.24) is 4.98 Å². The van der Waals surface area contributed by atoms with Crippen molar-refractivity contribution in [2.45, 2.75) is 25.7 Å². The molecule has 0 aliphatic carbocycles. The molecule has 0 saturated carbocycles. The highest BCUT2D eigenvalue weighted by molar-refractivity contribution is 7.92. The molecule has 1 aromatic heterocycles. The summed E-state index contributed by atoms with van der Waals surface area (Å²) in [4.78, 5) is 13.8. The van der Waals surface area contributed by atoms with Gasteiger partial charge in [0.15, 0.2) is 5.58 Å². The Bertz CT molecular complexity index is 1060. The zero-order chi connectivity index (χ0) is 16.8. The molecule has 0 atom stereocenters. The van der Waals surface area contributed by atoms with E-state index in [0.29, 0.717) is 16.8 Å². The van der Waals surface area contributed by atoms with Crippen LogP contribution in [0.3, 0.4) is 0 Å². The largest absolute Gasteiger partial charge is 0.417 e. The molecule has 0 spiro atoms. The average Bonchev–Trinajstić information content (AvgIpc) is 2.80. The molecule has 0 radical (unpaired) electrons. The van der Waals surface area contributed by atoms with Crippen LogP contribution in [0.1, 0.15) is 16.7 Å². The second kappa shape index (κ2) is 5.27. The smallest absolute Gasteiger partial charge is 0.408 e. The van der Waals surface area contributed by atoms with Crippen LogP contribution in [0.2, 0.25) is 0 Å². The maximum atomic E-state index is 12.6. The lowest BCUT2D eigenvalue weighted by Gasteiger charge is -2.11. The molecule has 1 heterocycles. The maximum Gasteiger partial charge on any atom is 0.417 e. The zero-order valence-electron chi connectivity index (χ0n) is 12.9. The van der Waals surface area contributed by atoms with E-state index in [0.717, 1.165) is 11.1 Å². The van der Waals surface area contributed by atoms with E-state index in [2.05, 4.69) is 9.71 Å². The van der Waals surface area contributed by atoms with Crippen molar-refractivity contribution in [3.05, 3.63) is 57.6 Å². The summed E-state index contributed by atoms with van der Waals surface area (Å²) in [6.07, 6.45) is 0. The van der Waals surface area contributed by atoms with Gasteiger partial charge in [-0.25, -0.2) is 13.2 Å². The standard InChI is InChI=1S/C16H16N2O4S/c1-9-4-5-12(6-10(9)2)18-23(20,21)15-8-14-13(7-11(15)3)17-16(19)22-14/h4-8,18H,1-3H3,(H,17,19). The van der Waals surface area contributed by atoms with E-state index in [1.165, 1.54) is 6.07 Å². The predicted octanol–water partition coefficient (Wildman–Crippen LogP) is 2.85. The lowest BCUT2D eigenvalue weighted by Crippen LogP contribution is -2.14. The van der Waals surface area contributed by atoms with E-state index in [-0.39, 0.29) is 10.5 Å². The van der Waals surface area contributed by atoms with Crippen LogP contribution in [-0.2, 0) is 10.0 Å². The quantitative estimate of drug-likeness (QED) is 0.771. The van der Waals surface area contributed by atoms with Crippen LogP contribution in [-0.4, -0.2) is 13.4 Å². The summed E-state index contributed by atoms with van der Waals surface area (Å²) < 4.78 is 32.8. The number of hydrogen-bond acceptors (Lipinski definition) is 4. The lowest BCUT2D eigenvalue weighted by molar-refractivity contribution is 0.554. The van der Waals surface area contributed by atoms with Crippen molar-refractivity contribution in [1.29, 1.82) is 0 Å². The Morgan fingerprint density at radius 3 is 2.43 bits per heavy atom. The Kier molecular flexibility index (Phi) is 3.52. The molecule has 3 aromatic rings. The fourth-order valence-corrected chi connectivity index (χ4v) is 3.68. The number of fused-ring (bicyclic) bond motifs is 1. The van der Waals surface area contributed by atoms with Crippen molar-refractivity contribution < 1.29 is 12.8 Å². The molecule has 0 saturated heterocycles. The summed E-state index contributed by atoms with van der Waals surface area (Å²) in [6.45, 7) is 5.54. The van der Waals surface area contributed by atoms with E-state index in [4.69, 9.17) is 4.42 Å². The first kappa shape index (κ1) is 15.4. The highest BCUT2D eigenvalue weighted by Crippen LogP contribution is 2.24. The minimum Gasteiger partial charge on any atom is -0.408 e. The molecule has 7 heteroatoms. The molecule has 2 aromatic carbocycles.